The number of amides is 1. The minimum absolute atomic E-state index is 0.103. The van der Waals surface area contributed by atoms with E-state index < -0.39 is 0 Å². The number of hydrogen-bond donors (Lipinski definition) is 1. The fraction of sp³-hybridized carbons (Fsp3) is 0.143. The van der Waals surface area contributed by atoms with E-state index in [1.165, 1.54) is 0 Å². The average Bonchev–Trinajstić information content (AvgIpc) is 2.68. The first-order valence-electron chi connectivity index (χ1n) is 8.30. The third-order valence-electron chi connectivity index (χ3n) is 3.86. The Hall–Kier alpha value is -3.14. The highest BCUT2D eigenvalue weighted by molar-refractivity contribution is 6.06. The van der Waals surface area contributed by atoms with Gasteiger partial charge in [-0.1, -0.05) is 49.4 Å². The van der Waals surface area contributed by atoms with Crippen LogP contribution >= 0.6 is 0 Å². The third-order valence-corrected chi connectivity index (χ3v) is 3.86. The Balaban J connectivity index is 1.82. The lowest BCUT2D eigenvalue weighted by molar-refractivity contribution is 0.101. The number of ether oxygens (including phenoxy) is 1. The van der Waals surface area contributed by atoms with Crippen molar-refractivity contribution in [1.82, 2.24) is 4.98 Å². The molecule has 25 heavy (non-hydrogen) atoms. The van der Waals surface area contributed by atoms with E-state index in [4.69, 9.17) is 4.74 Å². The smallest absolute Gasteiger partial charge is 0.259 e. The summed E-state index contributed by atoms with van der Waals surface area (Å²) in [5, 5.41) is 2.85. The van der Waals surface area contributed by atoms with Crippen molar-refractivity contribution >= 4 is 11.6 Å². The molecule has 0 aliphatic rings. The predicted molar refractivity (Wildman–Crippen MR) is 98.7 cm³/mol. The molecule has 0 aliphatic heterocycles. The number of aromatic nitrogens is 1. The molecule has 0 fully saturated rings. The minimum atomic E-state index is -0.216. The van der Waals surface area contributed by atoms with E-state index in [1.54, 1.807) is 30.6 Å². The quantitative estimate of drug-likeness (QED) is 0.701. The summed E-state index contributed by atoms with van der Waals surface area (Å²) in [5.74, 6) is 0.353. The van der Waals surface area contributed by atoms with E-state index in [1.807, 2.05) is 48.5 Å². The Labute approximate surface area is 147 Å². The molecular weight excluding hydrogens is 312 g/mol. The number of anilines is 1. The fourth-order valence-electron chi connectivity index (χ4n) is 2.60. The van der Waals surface area contributed by atoms with Crippen LogP contribution in [0, 0.1) is 0 Å². The molecule has 126 valence electrons. The van der Waals surface area contributed by atoms with Crippen molar-refractivity contribution in [2.45, 2.75) is 19.4 Å². The van der Waals surface area contributed by atoms with Gasteiger partial charge < -0.3 is 10.1 Å². The highest BCUT2D eigenvalue weighted by Crippen LogP contribution is 2.28. The second-order valence-electron chi connectivity index (χ2n) is 5.62. The van der Waals surface area contributed by atoms with Gasteiger partial charge in [0, 0.05) is 6.20 Å². The summed E-state index contributed by atoms with van der Waals surface area (Å²) < 4.78 is 6.16. The van der Waals surface area contributed by atoms with E-state index >= 15 is 0 Å². The van der Waals surface area contributed by atoms with E-state index in [2.05, 4.69) is 17.2 Å². The van der Waals surface area contributed by atoms with Crippen molar-refractivity contribution in [3.05, 3.63) is 90.3 Å². The molecule has 0 spiro atoms. The summed E-state index contributed by atoms with van der Waals surface area (Å²) in [7, 11) is 0. The number of pyridine rings is 1. The maximum atomic E-state index is 12.6. The second kappa shape index (κ2) is 8.11. The highest BCUT2D eigenvalue weighted by Gasteiger charge is 2.17. The molecule has 1 amide bonds. The van der Waals surface area contributed by atoms with Gasteiger partial charge in [0.05, 0.1) is 17.4 Å². The molecule has 3 aromatic rings. The van der Waals surface area contributed by atoms with Gasteiger partial charge in [0.2, 0.25) is 0 Å². The maximum Gasteiger partial charge on any atom is 0.259 e. The van der Waals surface area contributed by atoms with Crippen molar-refractivity contribution in [3.63, 3.8) is 0 Å². The van der Waals surface area contributed by atoms with E-state index in [9.17, 15) is 4.79 Å². The molecule has 1 N–H and O–H groups in total. The van der Waals surface area contributed by atoms with Crippen molar-refractivity contribution in [1.29, 1.82) is 0 Å². The van der Waals surface area contributed by atoms with Crippen molar-refractivity contribution in [2.24, 2.45) is 0 Å². The topological polar surface area (TPSA) is 51.2 Å². The first-order chi connectivity index (χ1) is 12.3. The normalized spacial score (nSPS) is 11.6. The van der Waals surface area contributed by atoms with Crippen molar-refractivity contribution in [3.8, 4) is 5.75 Å². The van der Waals surface area contributed by atoms with Gasteiger partial charge in [0.25, 0.3) is 5.91 Å². The van der Waals surface area contributed by atoms with Gasteiger partial charge in [-0.3, -0.25) is 9.78 Å². The number of nitrogens with zero attached hydrogens (tertiary/aromatic N) is 1. The molecular formula is C21H20N2O2. The molecule has 1 atom stereocenters. The minimum Gasteiger partial charge on any atom is -0.485 e. The van der Waals surface area contributed by atoms with Crippen LogP contribution in [0.15, 0.2) is 79.1 Å². The van der Waals surface area contributed by atoms with Crippen molar-refractivity contribution < 1.29 is 9.53 Å². The molecule has 0 saturated heterocycles. The Morgan fingerprint density at radius 3 is 2.52 bits per heavy atom. The van der Waals surface area contributed by atoms with Crippen LogP contribution in [0.2, 0.25) is 0 Å². The first kappa shape index (κ1) is 16.7. The lowest BCUT2D eigenvalue weighted by atomic mass is 10.1. The molecule has 0 radical (unpaired) electrons. The summed E-state index contributed by atoms with van der Waals surface area (Å²) in [6.07, 6.45) is 3.98. The van der Waals surface area contributed by atoms with Gasteiger partial charge >= 0.3 is 0 Å². The monoisotopic (exact) mass is 332 g/mol. The van der Waals surface area contributed by atoms with Crippen LogP contribution < -0.4 is 10.1 Å². The van der Waals surface area contributed by atoms with Crippen LogP contribution in [-0.2, 0) is 0 Å². The van der Waals surface area contributed by atoms with Crippen LogP contribution in [-0.4, -0.2) is 10.9 Å². The lowest BCUT2D eigenvalue weighted by Crippen LogP contribution is -2.15. The zero-order valence-electron chi connectivity index (χ0n) is 14.1. The Bertz CT molecular complexity index is 820. The standard InChI is InChI=1S/C21H20N2O2/c1-2-19(16-9-4-3-5-10-16)25-20-13-7-6-12-18(20)21(24)23-17-11-8-14-22-15-17/h3-15,19H,2H2,1H3,(H,23,24). The number of rotatable bonds is 6. The zero-order valence-corrected chi connectivity index (χ0v) is 14.1. The fourth-order valence-corrected chi connectivity index (χ4v) is 2.60. The number of hydrogen-bond acceptors (Lipinski definition) is 3. The van der Waals surface area contributed by atoms with Crippen LogP contribution in [0.25, 0.3) is 0 Å². The average molecular weight is 332 g/mol. The summed E-state index contributed by atoms with van der Waals surface area (Å²) in [5.41, 5.74) is 2.24. The molecule has 3 rings (SSSR count). The lowest BCUT2D eigenvalue weighted by Gasteiger charge is -2.20. The summed E-state index contributed by atoms with van der Waals surface area (Å²) in [6, 6.07) is 20.9. The Kier molecular flexibility index (Phi) is 5.42. The number of benzene rings is 2. The predicted octanol–water partition coefficient (Wildman–Crippen LogP) is 4.86. The summed E-state index contributed by atoms with van der Waals surface area (Å²) in [4.78, 5) is 16.6. The highest BCUT2D eigenvalue weighted by atomic mass is 16.5. The largest absolute Gasteiger partial charge is 0.485 e. The Morgan fingerprint density at radius 2 is 1.80 bits per heavy atom. The van der Waals surface area contributed by atoms with E-state index in [0.717, 1.165) is 12.0 Å². The molecule has 4 nitrogen and oxygen atoms in total. The SMILES string of the molecule is CCC(Oc1ccccc1C(=O)Nc1cccnc1)c1ccccc1. The molecule has 4 heteroatoms. The zero-order chi connectivity index (χ0) is 17.5. The summed E-state index contributed by atoms with van der Waals surface area (Å²) in [6.45, 7) is 2.07. The number of carbonyl (C=O) groups excluding carboxylic acids is 1. The molecule has 1 aromatic heterocycles. The molecule has 0 saturated carbocycles. The maximum absolute atomic E-state index is 12.6. The molecule has 1 heterocycles. The number of carbonyl (C=O) groups is 1. The van der Waals surface area contributed by atoms with Crippen LogP contribution in [0.5, 0.6) is 5.75 Å². The van der Waals surface area contributed by atoms with Gasteiger partial charge in [-0.15, -0.1) is 0 Å². The van der Waals surface area contributed by atoms with E-state index in [-0.39, 0.29) is 12.0 Å². The van der Waals surface area contributed by atoms with Crippen LogP contribution in [0.1, 0.15) is 35.4 Å². The van der Waals surface area contributed by atoms with Gasteiger partial charge in [-0.25, -0.2) is 0 Å². The van der Waals surface area contributed by atoms with Gasteiger partial charge in [0.1, 0.15) is 11.9 Å². The van der Waals surface area contributed by atoms with Crippen molar-refractivity contribution in [2.75, 3.05) is 5.32 Å². The molecule has 0 aliphatic carbocycles. The number of nitrogens with one attached hydrogen (secondary N) is 1. The molecule has 1 unspecified atom stereocenters. The first-order valence-corrected chi connectivity index (χ1v) is 8.30. The van der Waals surface area contributed by atoms with Crippen LogP contribution in [0.4, 0.5) is 5.69 Å². The summed E-state index contributed by atoms with van der Waals surface area (Å²) >= 11 is 0. The van der Waals surface area contributed by atoms with E-state index in [0.29, 0.717) is 17.0 Å². The van der Waals surface area contributed by atoms with Crippen LogP contribution in [0.3, 0.4) is 0 Å². The van der Waals surface area contributed by atoms with Gasteiger partial charge in [0.15, 0.2) is 0 Å². The van der Waals surface area contributed by atoms with Gasteiger partial charge in [-0.05, 0) is 36.2 Å². The second-order valence-corrected chi connectivity index (χ2v) is 5.62. The Morgan fingerprint density at radius 1 is 1.04 bits per heavy atom. The molecule has 0 bridgehead atoms. The molecule has 2 aromatic carbocycles. The van der Waals surface area contributed by atoms with Gasteiger partial charge in [-0.2, -0.15) is 0 Å². The third kappa shape index (κ3) is 4.23. The number of para-hydroxylation sites is 1.